The fourth-order valence-corrected chi connectivity index (χ4v) is 9.26. The lowest BCUT2D eigenvalue weighted by Gasteiger charge is -2.28. The molecule has 0 N–H and O–H groups in total. The molecule has 11 aromatic rings. The summed E-state index contributed by atoms with van der Waals surface area (Å²) in [6.45, 7) is 0. The number of benzene rings is 10. The van der Waals surface area contributed by atoms with Crippen molar-refractivity contribution < 1.29 is 0 Å². The molecule has 0 radical (unpaired) electrons. The highest BCUT2D eigenvalue weighted by Crippen LogP contribution is 2.55. The molecule has 0 saturated heterocycles. The third kappa shape index (κ3) is 4.17. The van der Waals surface area contributed by atoms with Gasteiger partial charge in [-0.25, -0.2) is 0 Å². The Morgan fingerprint density at radius 3 is 1.80 bits per heavy atom. The first-order valence-corrected chi connectivity index (χ1v) is 18.7. The quantitative estimate of drug-likeness (QED) is 0.168. The van der Waals surface area contributed by atoms with E-state index < -0.39 is 0 Å². The van der Waals surface area contributed by atoms with Gasteiger partial charge in [-0.15, -0.1) is 0 Å². The van der Waals surface area contributed by atoms with Gasteiger partial charge in [0.1, 0.15) is 0 Å². The highest BCUT2D eigenvalue weighted by Gasteiger charge is 2.29. The van der Waals surface area contributed by atoms with Crippen LogP contribution in [0.2, 0.25) is 0 Å². The molecule has 1 aliphatic carbocycles. The second-order valence-electron chi connectivity index (χ2n) is 14.5. The molecule has 0 saturated carbocycles. The van der Waals surface area contributed by atoms with E-state index in [9.17, 15) is 0 Å². The Kier molecular flexibility index (Phi) is 6.09. The van der Waals surface area contributed by atoms with Crippen molar-refractivity contribution in [2.24, 2.45) is 0 Å². The van der Waals surface area contributed by atoms with Crippen LogP contribution in [-0.4, -0.2) is 4.57 Å². The SMILES string of the molecule is c1cc2c(c(N(c3ccc4ccccc4c3)c3ccc4c5ccccc5n(-c5ccc6ccccc6c5)c4c3)c1)-c1cccc3cc4ccccc4c-2c13. The van der Waals surface area contributed by atoms with Crippen LogP contribution < -0.4 is 4.90 Å². The lowest BCUT2D eigenvalue weighted by atomic mass is 9.96. The average molecular weight is 685 g/mol. The molecule has 0 amide bonds. The number of hydrogen-bond donors (Lipinski definition) is 0. The fourth-order valence-electron chi connectivity index (χ4n) is 9.26. The summed E-state index contributed by atoms with van der Waals surface area (Å²) in [5.74, 6) is 0. The summed E-state index contributed by atoms with van der Waals surface area (Å²) >= 11 is 0. The van der Waals surface area contributed by atoms with Gasteiger partial charge in [0.05, 0.1) is 16.7 Å². The van der Waals surface area contributed by atoms with E-state index in [-0.39, 0.29) is 0 Å². The summed E-state index contributed by atoms with van der Waals surface area (Å²) in [5.41, 5.74) is 12.1. The molecule has 2 nitrogen and oxygen atoms in total. The summed E-state index contributed by atoms with van der Waals surface area (Å²) < 4.78 is 2.44. The smallest absolute Gasteiger partial charge is 0.0561 e. The van der Waals surface area contributed by atoms with Gasteiger partial charge in [0.15, 0.2) is 0 Å². The van der Waals surface area contributed by atoms with Crippen LogP contribution >= 0.6 is 0 Å². The van der Waals surface area contributed by atoms with E-state index in [0.717, 1.165) is 17.1 Å². The predicted molar refractivity (Wildman–Crippen MR) is 230 cm³/mol. The highest BCUT2D eigenvalue weighted by molar-refractivity contribution is 6.26. The maximum Gasteiger partial charge on any atom is 0.0561 e. The zero-order chi connectivity index (χ0) is 35.3. The van der Waals surface area contributed by atoms with Gasteiger partial charge in [0, 0.05) is 33.4 Å². The zero-order valence-electron chi connectivity index (χ0n) is 29.4. The lowest BCUT2D eigenvalue weighted by Crippen LogP contribution is -2.11. The van der Waals surface area contributed by atoms with E-state index in [1.54, 1.807) is 0 Å². The minimum Gasteiger partial charge on any atom is -0.310 e. The Bertz CT molecular complexity index is 3350. The molecular weight excluding hydrogens is 653 g/mol. The van der Waals surface area contributed by atoms with Crippen molar-refractivity contribution in [3.8, 4) is 27.9 Å². The van der Waals surface area contributed by atoms with Gasteiger partial charge in [-0.2, -0.15) is 0 Å². The second-order valence-corrected chi connectivity index (χ2v) is 14.5. The maximum absolute atomic E-state index is 2.49. The molecular formula is C52H32N2. The van der Waals surface area contributed by atoms with Gasteiger partial charge in [0.2, 0.25) is 0 Å². The van der Waals surface area contributed by atoms with Gasteiger partial charge in [-0.1, -0.05) is 140 Å². The van der Waals surface area contributed by atoms with Crippen LogP contribution in [0, 0.1) is 0 Å². The Hall–Kier alpha value is -7.16. The molecule has 0 spiro atoms. The minimum absolute atomic E-state index is 1.11. The largest absolute Gasteiger partial charge is 0.310 e. The maximum atomic E-state index is 2.49. The van der Waals surface area contributed by atoms with Crippen LogP contribution in [0.5, 0.6) is 0 Å². The van der Waals surface area contributed by atoms with Gasteiger partial charge >= 0.3 is 0 Å². The first-order valence-electron chi connectivity index (χ1n) is 18.7. The molecule has 0 bridgehead atoms. The Morgan fingerprint density at radius 1 is 0.333 bits per heavy atom. The monoisotopic (exact) mass is 684 g/mol. The van der Waals surface area contributed by atoms with Crippen molar-refractivity contribution in [1.29, 1.82) is 0 Å². The summed E-state index contributed by atoms with van der Waals surface area (Å²) in [7, 11) is 0. The third-order valence-corrected chi connectivity index (χ3v) is 11.6. The highest BCUT2D eigenvalue weighted by atomic mass is 15.1. The van der Waals surface area contributed by atoms with Crippen molar-refractivity contribution in [2.75, 3.05) is 4.90 Å². The van der Waals surface area contributed by atoms with E-state index in [1.165, 1.54) is 92.8 Å². The van der Waals surface area contributed by atoms with E-state index in [1.807, 2.05) is 0 Å². The summed E-state index contributed by atoms with van der Waals surface area (Å²) in [6, 6.07) is 71.7. The molecule has 250 valence electrons. The average Bonchev–Trinajstić information content (AvgIpc) is 3.75. The molecule has 0 atom stereocenters. The Morgan fingerprint density at radius 2 is 0.944 bits per heavy atom. The number of anilines is 3. The Labute approximate surface area is 312 Å². The molecule has 2 heteroatoms. The van der Waals surface area contributed by atoms with Crippen molar-refractivity contribution in [1.82, 2.24) is 4.57 Å². The van der Waals surface area contributed by atoms with E-state index in [0.29, 0.717) is 0 Å². The third-order valence-electron chi connectivity index (χ3n) is 11.6. The second kappa shape index (κ2) is 11.2. The molecule has 0 aliphatic heterocycles. The van der Waals surface area contributed by atoms with E-state index in [4.69, 9.17) is 0 Å². The van der Waals surface area contributed by atoms with Crippen molar-refractivity contribution in [3.05, 3.63) is 194 Å². The van der Waals surface area contributed by atoms with E-state index >= 15 is 0 Å². The minimum atomic E-state index is 1.11. The summed E-state index contributed by atoms with van der Waals surface area (Å²) in [5, 5.41) is 12.6. The predicted octanol–water partition coefficient (Wildman–Crippen LogP) is 14.5. The van der Waals surface area contributed by atoms with Crippen LogP contribution in [0.25, 0.3) is 92.8 Å². The van der Waals surface area contributed by atoms with Crippen LogP contribution in [0.1, 0.15) is 0 Å². The van der Waals surface area contributed by atoms with Gasteiger partial charge in [-0.05, 0) is 114 Å². The van der Waals surface area contributed by atoms with Crippen LogP contribution in [-0.2, 0) is 0 Å². The zero-order valence-corrected chi connectivity index (χ0v) is 29.4. The number of fused-ring (bicyclic) bond motifs is 10. The molecule has 0 fully saturated rings. The summed E-state index contributed by atoms with van der Waals surface area (Å²) in [4.78, 5) is 2.49. The fraction of sp³-hybridized carbons (Fsp3) is 0. The Balaban J connectivity index is 1.16. The molecule has 0 unspecified atom stereocenters. The first-order chi connectivity index (χ1) is 26.8. The molecule has 1 aliphatic rings. The van der Waals surface area contributed by atoms with E-state index in [2.05, 4.69) is 204 Å². The standard InChI is InChI=1S/C52H32N2/c1-3-13-35-30-39(25-23-33(35)11-1)53(48-22-10-20-46-51(48)45-19-9-16-38-29-37-15-5-6-17-42(37)52(46)50(38)45)41-27-28-44-43-18-7-8-21-47(43)54(49(44)32-41)40-26-24-34-12-2-4-14-36(34)31-40/h1-32H. The molecule has 54 heavy (non-hydrogen) atoms. The normalized spacial score (nSPS) is 12.1. The molecule has 10 aromatic carbocycles. The summed E-state index contributed by atoms with van der Waals surface area (Å²) in [6.07, 6.45) is 0. The van der Waals surface area contributed by atoms with Gasteiger partial charge in [-0.3, -0.25) is 0 Å². The van der Waals surface area contributed by atoms with Crippen LogP contribution in [0.3, 0.4) is 0 Å². The van der Waals surface area contributed by atoms with Crippen molar-refractivity contribution in [3.63, 3.8) is 0 Å². The van der Waals surface area contributed by atoms with Crippen molar-refractivity contribution >= 4 is 82.0 Å². The molecule has 1 aromatic heterocycles. The lowest BCUT2D eigenvalue weighted by molar-refractivity contribution is 1.18. The first kappa shape index (κ1) is 29.4. The van der Waals surface area contributed by atoms with Crippen LogP contribution in [0.15, 0.2) is 194 Å². The van der Waals surface area contributed by atoms with Crippen LogP contribution in [0.4, 0.5) is 17.1 Å². The number of rotatable bonds is 4. The topological polar surface area (TPSA) is 8.17 Å². The number of para-hydroxylation sites is 1. The molecule has 12 rings (SSSR count). The molecule has 1 heterocycles. The van der Waals surface area contributed by atoms with Gasteiger partial charge < -0.3 is 9.47 Å². The number of hydrogen-bond acceptors (Lipinski definition) is 1. The number of nitrogens with zero attached hydrogens (tertiary/aromatic N) is 2. The van der Waals surface area contributed by atoms with Crippen molar-refractivity contribution in [2.45, 2.75) is 0 Å². The van der Waals surface area contributed by atoms with Gasteiger partial charge in [0.25, 0.3) is 0 Å². The number of aromatic nitrogens is 1.